The van der Waals surface area contributed by atoms with Gasteiger partial charge in [0.05, 0.1) is 36.4 Å². The Hall–Kier alpha value is -3.33. The molecule has 1 aliphatic heterocycles. The Bertz CT molecular complexity index is 1390. The third-order valence-electron chi connectivity index (χ3n) is 6.59. The molecule has 1 fully saturated rings. The summed E-state index contributed by atoms with van der Waals surface area (Å²) >= 11 is 0. The molecule has 0 N–H and O–H groups in total. The van der Waals surface area contributed by atoms with Gasteiger partial charge in [0.25, 0.3) is 5.92 Å². The minimum Gasteiger partial charge on any atom is -0.481 e. The smallest absolute Gasteiger partial charge is 0.329 e. The molecule has 0 radical (unpaired) electrons. The Morgan fingerprint density at radius 2 is 1.94 bits per heavy atom. The minimum atomic E-state index is -3.03. The van der Waals surface area contributed by atoms with Crippen LogP contribution in [0.2, 0.25) is 0 Å². The van der Waals surface area contributed by atoms with Crippen molar-refractivity contribution in [3.63, 3.8) is 0 Å². The van der Waals surface area contributed by atoms with Crippen molar-refractivity contribution in [3.05, 3.63) is 53.2 Å². The van der Waals surface area contributed by atoms with Crippen molar-refractivity contribution in [2.75, 3.05) is 26.7 Å². The lowest BCUT2D eigenvalue weighted by Gasteiger charge is -2.38. The molecule has 172 valence electrons. The number of benzene rings is 1. The molecule has 1 atom stereocenters. The number of rotatable bonds is 4. The number of imidazole rings is 1. The van der Waals surface area contributed by atoms with Crippen LogP contribution in [-0.2, 0) is 7.05 Å². The molecule has 4 heterocycles. The molecule has 0 unspecified atom stereocenters. The van der Waals surface area contributed by atoms with E-state index in [2.05, 4.69) is 9.97 Å². The third kappa shape index (κ3) is 3.47. The average molecular weight is 453 g/mol. The Kier molecular flexibility index (Phi) is 5.16. The van der Waals surface area contributed by atoms with E-state index in [-0.39, 0.29) is 13.0 Å². The molecule has 9 heteroatoms. The van der Waals surface area contributed by atoms with Gasteiger partial charge in [0.2, 0.25) is 5.88 Å². The number of hydrogen-bond acceptors (Lipinski definition) is 5. The van der Waals surface area contributed by atoms with E-state index >= 15 is 8.78 Å². The maximum absolute atomic E-state index is 15.3. The van der Waals surface area contributed by atoms with E-state index in [1.807, 2.05) is 31.2 Å². The van der Waals surface area contributed by atoms with Crippen LogP contribution in [0, 0.1) is 0 Å². The molecule has 0 amide bonds. The maximum Gasteiger partial charge on any atom is 0.329 e. The molecule has 0 saturated carbocycles. The molecule has 4 aromatic rings. The van der Waals surface area contributed by atoms with Gasteiger partial charge in [0.1, 0.15) is 6.04 Å². The number of piperidine rings is 1. The Morgan fingerprint density at radius 3 is 2.61 bits per heavy atom. The van der Waals surface area contributed by atoms with E-state index in [9.17, 15) is 4.79 Å². The molecule has 0 aliphatic carbocycles. The van der Waals surface area contributed by atoms with Gasteiger partial charge in [-0.15, -0.1) is 0 Å². The van der Waals surface area contributed by atoms with Gasteiger partial charge in [0.15, 0.2) is 0 Å². The number of aryl methyl sites for hydroxylation is 1. The Morgan fingerprint density at radius 1 is 1.15 bits per heavy atom. The van der Waals surface area contributed by atoms with E-state index in [1.165, 1.54) is 9.13 Å². The van der Waals surface area contributed by atoms with E-state index in [0.29, 0.717) is 40.9 Å². The maximum atomic E-state index is 15.3. The number of ether oxygens (including phenoxy) is 1. The number of fused-ring (bicyclic) bond motifs is 3. The largest absolute Gasteiger partial charge is 0.481 e. The second-order valence-electron chi connectivity index (χ2n) is 8.46. The zero-order valence-corrected chi connectivity index (χ0v) is 18.8. The summed E-state index contributed by atoms with van der Waals surface area (Å²) < 4.78 is 38.4. The standard InChI is InChI=1S/C24H25F2N5O2/c1-4-30-10-9-20(24(25,26)14-30)31-22-17-11-15(16-6-8-21(33-3)28-12-16)5-7-18(17)27-13-19(22)29(2)23(31)32/h5-8,11-13,20H,4,9-10,14H2,1-3H3/t20-/m0/s1. The second-order valence-corrected chi connectivity index (χ2v) is 8.46. The molecule has 7 nitrogen and oxygen atoms in total. The molecular weight excluding hydrogens is 428 g/mol. The number of nitrogens with zero attached hydrogens (tertiary/aromatic N) is 5. The summed E-state index contributed by atoms with van der Waals surface area (Å²) in [5.41, 5.74) is 2.91. The molecule has 5 rings (SSSR count). The van der Waals surface area contributed by atoms with Gasteiger partial charge in [-0.2, -0.15) is 0 Å². The predicted octanol–water partition coefficient (Wildman–Crippen LogP) is 3.86. The van der Waals surface area contributed by atoms with Crippen molar-refractivity contribution in [1.29, 1.82) is 0 Å². The number of alkyl halides is 2. The zero-order valence-electron chi connectivity index (χ0n) is 18.8. The van der Waals surface area contributed by atoms with Gasteiger partial charge in [-0.3, -0.25) is 19.0 Å². The fraction of sp³-hybridized carbons (Fsp3) is 0.375. The van der Waals surface area contributed by atoms with Crippen LogP contribution in [0.4, 0.5) is 8.78 Å². The topological polar surface area (TPSA) is 65.2 Å². The highest BCUT2D eigenvalue weighted by Crippen LogP contribution is 2.39. The Labute approximate surface area is 189 Å². The molecule has 3 aromatic heterocycles. The van der Waals surface area contributed by atoms with Crippen molar-refractivity contribution >= 4 is 21.9 Å². The van der Waals surface area contributed by atoms with Crippen LogP contribution < -0.4 is 10.4 Å². The second kappa shape index (κ2) is 7.91. The lowest BCUT2D eigenvalue weighted by molar-refractivity contribution is -0.102. The first kappa shape index (κ1) is 21.5. The van der Waals surface area contributed by atoms with Crippen LogP contribution in [0.15, 0.2) is 47.5 Å². The Balaban J connectivity index is 1.73. The van der Waals surface area contributed by atoms with Crippen LogP contribution >= 0.6 is 0 Å². The molecule has 0 bridgehead atoms. The number of hydrogen-bond donors (Lipinski definition) is 0. The highest BCUT2D eigenvalue weighted by molar-refractivity contribution is 6.04. The van der Waals surface area contributed by atoms with Gasteiger partial charge >= 0.3 is 5.69 Å². The molecule has 1 saturated heterocycles. The molecule has 33 heavy (non-hydrogen) atoms. The summed E-state index contributed by atoms with van der Waals surface area (Å²) in [6, 6.07) is 8.07. The first-order chi connectivity index (χ1) is 15.8. The lowest BCUT2D eigenvalue weighted by Crippen LogP contribution is -2.50. The number of aromatic nitrogens is 4. The van der Waals surface area contributed by atoms with Crippen LogP contribution in [0.1, 0.15) is 19.4 Å². The average Bonchev–Trinajstić information content (AvgIpc) is 3.08. The monoisotopic (exact) mass is 453 g/mol. The van der Waals surface area contributed by atoms with Gasteiger partial charge in [0, 0.05) is 36.8 Å². The van der Waals surface area contributed by atoms with Crippen LogP contribution in [0.25, 0.3) is 33.1 Å². The molecular formula is C24H25F2N5O2. The quantitative estimate of drug-likeness (QED) is 0.470. The van der Waals surface area contributed by atoms with Crippen molar-refractivity contribution in [2.24, 2.45) is 7.05 Å². The molecule has 1 aromatic carbocycles. The molecule has 0 spiro atoms. The first-order valence-corrected chi connectivity index (χ1v) is 10.9. The summed E-state index contributed by atoms with van der Waals surface area (Å²) in [6.07, 6.45) is 3.48. The summed E-state index contributed by atoms with van der Waals surface area (Å²) in [7, 11) is 3.15. The number of halogens is 2. The summed E-state index contributed by atoms with van der Waals surface area (Å²) in [4.78, 5) is 23.7. The van der Waals surface area contributed by atoms with Gasteiger partial charge < -0.3 is 4.74 Å². The number of likely N-dealkylation sites (tertiary alicyclic amines) is 1. The number of methoxy groups -OCH3 is 1. The van der Waals surface area contributed by atoms with Crippen molar-refractivity contribution in [2.45, 2.75) is 25.3 Å². The zero-order chi connectivity index (χ0) is 23.3. The van der Waals surface area contributed by atoms with Crippen molar-refractivity contribution in [3.8, 4) is 17.0 Å². The predicted molar refractivity (Wildman–Crippen MR) is 123 cm³/mol. The minimum absolute atomic E-state index is 0.200. The van der Waals surface area contributed by atoms with Gasteiger partial charge in [-0.05, 0) is 36.7 Å². The number of pyridine rings is 2. The summed E-state index contributed by atoms with van der Waals surface area (Å²) in [5.74, 6) is -2.53. The van der Waals surface area contributed by atoms with Crippen molar-refractivity contribution in [1.82, 2.24) is 24.0 Å². The molecule has 1 aliphatic rings. The SMILES string of the molecule is CCN1CC[C@H](n2c(=O)n(C)c3cnc4ccc(-c5ccc(OC)nc5)cc4c32)C(F)(F)C1. The van der Waals surface area contributed by atoms with E-state index in [1.54, 1.807) is 37.5 Å². The van der Waals surface area contributed by atoms with Crippen molar-refractivity contribution < 1.29 is 13.5 Å². The fourth-order valence-corrected chi connectivity index (χ4v) is 4.75. The highest BCUT2D eigenvalue weighted by Gasteiger charge is 2.46. The summed E-state index contributed by atoms with van der Waals surface area (Å²) in [5, 5.41) is 0.659. The van der Waals surface area contributed by atoms with E-state index < -0.39 is 17.7 Å². The fourth-order valence-electron chi connectivity index (χ4n) is 4.75. The van der Waals surface area contributed by atoms with E-state index in [0.717, 1.165) is 11.1 Å². The highest BCUT2D eigenvalue weighted by atomic mass is 19.3. The lowest BCUT2D eigenvalue weighted by atomic mass is 9.99. The van der Waals surface area contributed by atoms with Crippen LogP contribution in [0.3, 0.4) is 0 Å². The summed E-state index contributed by atoms with van der Waals surface area (Å²) in [6.45, 7) is 2.59. The third-order valence-corrected chi connectivity index (χ3v) is 6.59. The first-order valence-electron chi connectivity index (χ1n) is 10.9. The van der Waals surface area contributed by atoms with Gasteiger partial charge in [-0.1, -0.05) is 13.0 Å². The van der Waals surface area contributed by atoms with Gasteiger partial charge in [-0.25, -0.2) is 18.6 Å². The van der Waals surface area contributed by atoms with Crippen LogP contribution in [-0.4, -0.2) is 56.7 Å². The normalized spacial score (nSPS) is 18.8. The van der Waals surface area contributed by atoms with Crippen LogP contribution in [0.5, 0.6) is 5.88 Å². The van der Waals surface area contributed by atoms with E-state index in [4.69, 9.17) is 4.74 Å².